The first-order valence-electron chi connectivity index (χ1n) is 7.88. The third kappa shape index (κ3) is 2.93. The molecule has 0 bridgehead atoms. The number of carboxylic acids is 1. The number of ether oxygens (including phenoxy) is 1. The van der Waals surface area contributed by atoms with Crippen molar-refractivity contribution in [3.63, 3.8) is 0 Å². The van der Waals surface area contributed by atoms with E-state index in [0.717, 1.165) is 31.2 Å². The Kier molecular flexibility index (Phi) is 4.32. The molecule has 1 saturated heterocycles. The predicted octanol–water partition coefficient (Wildman–Crippen LogP) is 3.04. The van der Waals surface area contributed by atoms with Crippen LogP contribution in [0.5, 0.6) is 0 Å². The lowest BCUT2D eigenvalue weighted by Crippen LogP contribution is -2.46. The van der Waals surface area contributed by atoms with Crippen LogP contribution in [-0.2, 0) is 16.1 Å². The van der Waals surface area contributed by atoms with E-state index in [9.17, 15) is 14.7 Å². The number of hydrogen-bond acceptors (Lipinski definition) is 3. The number of carbonyl (C=O) groups is 2. The minimum atomic E-state index is -0.925. The number of rotatable bonds is 3. The molecule has 1 aliphatic carbocycles. The molecular formula is C17H21NO4. The molecule has 1 N–H and O–H groups in total. The molecule has 1 saturated carbocycles. The van der Waals surface area contributed by atoms with Crippen molar-refractivity contribution in [2.45, 2.75) is 50.8 Å². The highest BCUT2D eigenvalue weighted by molar-refractivity contribution is 5.81. The quantitative estimate of drug-likeness (QED) is 0.932. The first-order chi connectivity index (χ1) is 10.7. The van der Waals surface area contributed by atoms with Crippen LogP contribution in [0.25, 0.3) is 0 Å². The number of nitrogens with zero attached hydrogens (tertiary/aromatic N) is 1. The molecule has 2 aliphatic rings. The number of carbonyl (C=O) groups excluding carboxylic acids is 1. The molecule has 1 aromatic rings. The van der Waals surface area contributed by atoms with Gasteiger partial charge in [0.25, 0.3) is 0 Å². The average molecular weight is 303 g/mol. The Morgan fingerprint density at radius 3 is 2.64 bits per heavy atom. The van der Waals surface area contributed by atoms with Crippen LogP contribution in [0.2, 0.25) is 0 Å². The fraction of sp³-hybridized carbons (Fsp3) is 0.529. The molecule has 2 fully saturated rings. The SMILES string of the molecule is O=C(O)[C@H]1C[C@@H]2CCCC[C@@H]2N1C(=O)OCc1ccccc1. The zero-order valence-electron chi connectivity index (χ0n) is 12.5. The van der Waals surface area contributed by atoms with Crippen LogP contribution in [0.1, 0.15) is 37.7 Å². The van der Waals surface area contributed by atoms with E-state index in [0.29, 0.717) is 12.3 Å². The van der Waals surface area contributed by atoms with Gasteiger partial charge in [0.05, 0.1) is 0 Å². The van der Waals surface area contributed by atoms with Crippen LogP contribution in [0.4, 0.5) is 4.79 Å². The maximum Gasteiger partial charge on any atom is 0.411 e. The highest BCUT2D eigenvalue weighted by Crippen LogP contribution is 2.40. The highest BCUT2D eigenvalue weighted by atomic mass is 16.6. The summed E-state index contributed by atoms with van der Waals surface area (Å²) in [6.07, 6.45) is 4.13. The van der Waals surface area contributed by atoms with E-state index >= 15 is 0 Å². The summed E-state index contributed by atoms with van der Waals surface area (Å²) in [7, 11) is 0. The van der Waals surface area contributed by atoms with Crippen molar-refractivity contribution < 1.29 is 19.4 Å². The van der Waals surface area contributed by atoms with E-state index in [1.165, 1.54) is 4.90 Å². The first kappa shape index (κ1) is 14.9. The first-order valence-corrected chi connectivity index (χ1v) is 7.88. The summed E-state index contributed by atoms with van der Waals surface area (Å²) >= 11 is 0. The summed E-state index contributed by atoms with van der Waals surface area (Å²) in [6.45, 7) is 0.180. The number of hydrogen-bond donors (Lipinski definition) is 1. The van der Waals surface area contributed by atoms with Gasteiger partial charge in [-0.15, -0.1) is 0 Å². The smallest absolute Gasteiger partial charge is 0.411 e. The third-order valence-corrected chi connectivity index (χ3v) is 4.79. The molecule has 1 heterocycles. The Balaban J connectivity index is 1.69. The van der Waals surface area contributed by atoms with E-state index in [4.69, 9.17) is 4.74 Å². The summed E-state index contributed by atoms with van der Waals surface area (Å²) in [4.78, 5) is 25.4. The zero-order chi connectivity index (χ0) is 15.5. The summed E-state index contributed by atoms with van der Waals surface area (Å²) in [5, 5.41) is 9.42. The Hall–Kier alpha value is -2.04. The highest BCUT2D eigenvalue weighted by Gasteiger charge is 2.48. The van der Waals surface area contributed by atoms with Crippen molar-refractivity contribution in [1.82, 2.24) is 4.90 Å². The Morgan fingerprint density at radius 1 is 1.18 bits per heavy atom. The predicted molar refractivity (Wildman–Crippen MR) is 80.3 cm³/mol. The molecule has 1 aromatic carbocycles. The molecule has 3 atom stereocenters. The van der Waals surface area contributed by atoms with Gasteiger partial charge in [-0.25, -0.2) is 9.59 Å². The monoisotopic (exact) mass is 303 g/mol. The van der Waals surface area contributed by atoms with Crippen LogP contribution in [0.15, 0.2) is 30.3 Å². The zero-order valence-corrected chi connectivity index (χ0v) is 12.5. The van der Waals surface area contributed by atoms with Crippen molar-refractivity contribution in [1.29, 1.82) is 0 Å². The standard InChI is InChI=1S/C17H21NO4/c19-16(20)15-10-13-8-4-5-9-14(13)18(15)17(21)22-11-12-6-2-1-3-7-12/h1-3,6-7,13-15H,4-5,8-11H2,(H,19,20)/t13-,14-,15+/m0/s1. The third-order valence-electron chi connectivity index (χ3n) is 4.79. The van der Waals surface area contributed by atoms with E-state index in [-0.39, 0.29) is 12.6 Å². The molecular weight excluding hydrogens is 282 g/mol. The lowest BCUT2D eigenvalue weighted by molar-refractivity contribution is -0.142. The lowest BCUT2D eigenvalue weighted by Gasteiger charge is -2.32. The number of benzene rings is 1. The topological polar surface area (TPSA) is 66.8 Å². The molecule has 0 aromatic heterocycles. The maximum absolute atomic E-state index is 12.4. The minimum Gasteiger partial charge on any atom is -0.480 e. The second-order valence-electron chi connectivity index (χ2n) is 6.15. The summed E-state index contributed by atoms with van der Waals surface area (Å²) in [5.41, 5.74) is 0.905. The Morgan fingerprint density at radius 2 is 1.91 bits per heavy atom. The van der Waals surface area contributed by atoms with Crippen LogP contribution in [-0.4, -0.2) is 34.2 Å². The van der Waals surface area contributed by atoms with Gasteiger partial charge in [0, 0.05) is 6.04 Å². The van der Waals surface area contributed by atoms with Gasteiger partial charge in [0.1, 0.15) is 12.6 Å². The summed E-state index contributed by atoms with van der Waals surface area (Å²) in [5.74, 6) is -0.620. The molecule has 0 radical (unpaired) electrons. The van der Waals surface area contributed by atoms with Crippen LogP contribution in [0.3, 0.4) is 0 Å². The van der Waals surface area contributed by atoms with Crippen molar-refractivity contribution >= 4 is 12.1 Å². The van der Waals surface area contributed by atoms with Gasteiger partial charge in [-0.2, -0.15) is 0 Å². The van der Waals surface area contributed by atoms with Crippen LogP contribution >= 0.6 is 0 Å². The van der Waals surface area contributed by atoms with Crippen molar-refractivity contribution in [2.75, 3.05) is 0 Å². The van der Waals surface area contributed by atoms with Gasteiger partial charge in [-0.05, 0) is 30.7 Å². The molecule has 118 valence electrons. The van der Waals surface area contributed by atoms with Gasteiger partial charge in [0.2, 0.25) is 0 Å². The number of aliphatic carboxylic acids is 1. The van der Waals surface area contributed by atoms with Gasteiger partial charge in [-0.1, -0.05) is 43.2 Å². The maximum atomic E-state index is 12.4. The Labute approximate surface area is 129 Å². The summed E-state index contributed by atoms with van der Waals surface area (Å²) < 4.78 is 5.37. The van der Waals surface area contributed by atoms with Gasteiger partial charge < -0.3 is 9.84 Å². The van der Waals surface area contributed by atoms with Crippen molar-refractivity contribution in [3.8, 4) is 0 Å². The Bertz CT molecular complexity index is 545. The van der Waals surface area contributed by atoms with Crippen LogP contribution in [0, 0.1) is 5.92 Å². The molecule has 0 unspecified atom stereocenters. The van der Waals surface area contributed by atoms with Crippen LogP contribution < -0.4 is 0 Å². The van der Waals surface area contributed by atoms with Crippen molar-refractivity contribution in [2.24, 2.45) is 5.92 Å². The second kappa shape index (κ2) is 6.38. The van der Waals surface area contributed by atoms with Gasteiger partial charge >= 0.3 is 12.1 Å². The molecule has 22 heavy (non-hydrogen) atoms. The largest absolute Gasteiger partial charge is 0.480 e. The van der Waals surface area contributed by atoms with Gasteiger partial charge in [-0.3, -0.25) is 4.90 Å². The lowest BCUT2D eigenvalue weighted by atomic mass is 9.85. The molecule has 5 heteroatoms. The van der Waals surface area contributed by atoms with Gasteiger partial charge in [0.15, 0.2) is 0 Å². The number of likely N-dealkylation sites (tertiary alicyclic amines) is 1. The fourth-order valence-corrected chi connectivity index (χ4v) is 3.74. The summed E-state index contributed by atoms with van der Waals surface area (Å²) in [6, 6.07) is 8.73. The molecule has 1 amide bonds. The number of carboxylic acid groups (broad SMARTS) is 1. The van der Waals surface area contributed by atoms with E-state index < -0.39 is 18.1 Å². The van der Waals surface area contributed by atoms with E-state index in [2.05, 4.69) is 0 Å². The van der Waals surface area contributed by atoms with E-state index in [1.54, 1.807) is 0 Å². The minimum absolute atomic E-state index is 0.0260. The molecule has 0 spiro atoms. The molecule has 5 nitrogen and oxygen atoms in total. The van der Waals surface area contributed by atoms with E-state index in [1.807, 2.05) is 30.3 Å². The fourth-order valence-electron chi connectivity index (χ4n) is 3.74. The normalized spacial score (nSPS) is 27.3. The average Bonchev–Trinajstić information content (AvgIpc) is 2.93. The number of fused-ring (bicyclic) bond motifs is 1. The number of amides is 1. The molecule has 3 rings (SSSR count). The molecule has 1 aliphatic heterocycles. The second-order valence-corrected chi connectivity index (χ2v) is 6.15. The van der Waals surface area contributed by atoms with Crippen molar-refractivity contribution in [3.05, 3.63) is 35.9 Å².